The van der Waals surface area contributed by atoms with Crippen molar-refractivity contribution in [1.29, 1.82) is 0 Å². The number of carbonyl (C=O) groups is 1. The maximum atomic E-state index is 13.8. The smallest absolute Gasteiger partial charge is 0.256 e. The highest BCUT2D eigenvalue weighted by Crippen LogP contribution is 2.18. The maximum Gasteiger partial charge on any atom is 0.256 e. The van der Waals surface area contributed by atoms with E-state index in [0.717, 1.165) is 0 Å². The van der Waals surface area contributed by atoms with Gasteiger partial charge in [0.15, 0.2) is 0 Å². The standard InChI is InChI=1S/C13H16BrFN2O2/c1-16-7-10-8-17(4-5-19-10)13(18)11-3-2-9(14)6-12(11)15/h2-3,6,10,16H,4-5,7-8H2,1H3. The van der Waals surface area contributed by atoms with Crippen LogP contribution in [0.2, 0.25) is 0 Å². The van der Waals surface area contributed by atoms with Gasteiger partial charge in [-0.1, -0.05) is 15.9 Å². The van der Waals surface area contributed by atoms with E-state index in [1.807, 2.05) is 7.05 Å². The maximum absolute atomic E-state index is 13.8. The highest BCUT2D eigenvalue weighted by molar-refractivity contribution is 9.10. The van der Waals surface area contributed by atoms with E-state index in [1.54, 1.807) is 11.0 Å². The van der Waals surface area contributed by atoms with Crippen molar-refractivity contribution in [3.8, 4) is 0 Å². The Morgan fingerprint density at radius 2 is 2.42 bits per heavy atom. The lowest BCUT2D eigenvalue weighted by molar-refractivity contribution is -0.0197. The summed E-state index contributed by atoms with van der Waals surface area (Å²) in [6.07, 6.45) is -0.0405. The van der Waals surface area contributed by atoms with Crippen LogP contribution in [0.25, 0.3) is 0 Å². The quantitative estimate of drug-likeness (QED) is 0.916. The van der Waals surface area contributed by atoms with Crippen molar-refractivity contribution in [2.75, 3.05) is 33.3 Å². The van der Waals surface area contributed by atoms with Gasteiger partial charge in [-0.15, -0.1) is 0 Å². The average molecular weight is 331 g/mol. The molecule has 0 spiro atoms. The second-order valence-electron chi connectivity index (χ2n) is 4.43. The minimum absolute atomic E-state index is 0.0405. The molecular formula is C13H16BrFN2O2. The molecule has 4 nitrogen and oxygen atoms in total. The van der Waals surface area contributed by atoms with E-state index in [-0.39, 0.29) is 17.6 Å². The van der Waals surface area contributed by atoms with Crippen LogP contribution >= 0.6 is 15.9 Å². The summed E-state index contributed by atoms with van der Waals surface area (Å²) in [5.41, 5.74) is 0.105. The van der Waals surface area contributed by atoms with Crippen molar-refractivity contribution in [2.45, 2.75) is 6.10 Å². The van der Waals surface area contributed by atoms with E-state index in [4.69, 9.17) is 4.74 Å². The van der Waals surface area contributed by atoms with Crippen molar-refractivity contribution in [1.82, 2.24) is 10.2 Å². The van der Waals surface area contributed by atoms with Crippen molar-refractivity contribution in [3.63, 3.8) is 0 Å². The fourth-order valence-corrected chi connectivity index (χ4v) is 2.42. The van der Waals surface area contributed by atoms with Gasteiger partial charge in [0.1, 0.15) is 5.82 Å². The lowest BCUT2D eigenvalue weighted by atomic mass is 10.1. The van der Waals surface area contributed by atoms with E-state index < -0.39 is 5.82 Å². The number of nitrogens with zero attached hydrogens (tertiary/aromatic N) is 1. The Morgan fingerprint density at radius 1 is 1.63 bits per heavy atom. The molecule has 0 saturated carbocycles. The molecule has 6 heteroatoms. The number of hydrogen-bond donors (Lipinski definition) is 1. The molecule has 1 aliphatic rings. The third-order valence-electron chi connectivity index (χ3n) is 3.02. The van der Waals surface area contributed by atoms with Crippen molar-refractivity contribution in [2.24, 2.45) is 0 Å². The predicted octanol–water partition coefficient (Wildman–Crippen LogP) is 1.65. The predicted molar refractivity (Wildman–Crippen MR) is 73.7 cm³/mol. The first-order valence-corrected chi connectivity index (χ1v) is 6.91. The minimum Gasteiger partial charge on any atom is -0.373 e. The molecule has 0 aliphatic carbocycles. The molecule has 0 aromatic heterocycles. The zero-order valence-electron chi connectivity index (χ0n) is 10.7. The zero-order chi connectivity index (χ0) is 13.8. The molecule has 1 unspecified atom stereocenters. The molecule has 2 rings (SSSR count). The van der Waals surface area contributed by atoms with Crippen molar-refractivity contribution in [3.05, 3.63) is 34.1 Å². The third kappa shape index (κ3) is 3.52. The lowest BCUT2D eigenvalue weighted by Crippen LogP contribution is -2.48. The molecular weight excluding hydrogens is 315 g/mol. The molecule has 1 aromatic carbocycles. The summed E-state index contributed by atoms with van der Waals surface area (Å²) in [4.78, 5) is 13.9. The van der Waals surface area contributed by atoms with Gasteiger partial charge in [0, 0.05) is 24.1 Å². The Kier molecular flexibility index (Phi) is 4.90. The van der Waals surface area contributed by atoms with Crippen LogP contribution in [0.1, 0.15) is 10.4 Å². The molecule has 1 atom stereocenters. The number of likely N-dealkylation sites (N-methyl/N-ethyl adjacent to an activating group) is 1. The molecule has 0 radical (unpaired) electrons. The first-order valence-electron chi connectivity index (χ1n) is 6.12. The van der Waals surface area contributed by atoms with E-state index in [2.05, 4.69) is 21.2 Å². The van der Waals surface area contributed by atoms with Gasteiger partial charge in [0.05, 0.1) is 18.3 Å². The summed E-state index contributed by atoms with van der Waals surface area (Å²) >= 11 is 3.18. The highest BCUT2D eigenvalue weighted by Gasteiger charge is 2.26. The number of ether oxygens (including phenoxy) is 1. The fourth-order valence-electron chi connectivity index (χ4n) is 2.09. The molecule has 0 bridgehead atoms. The van der Waals surface area contributed by atoms with Gasteiger partial charge in [-0.25, -0.2) is 4.39 Å². The van der Waals surface area contributed by atoms with E-state index in [1.165, 1.54) is 12.1 Å². The van der Waals surface area contributed by atoms with Crippen LogP contribution in [0.3, 0.4) is 0 Å². The van der Waals surface area contributed by atoms with Gasteiger partial charge in [-0.2, -0.15) is 0 Å². The van der Waals surface area contributed by atoms with Gasteiger partial charge in [0.25, 0.3) is 5.91 Å². The fraction of sp³-hybridized carbons (Fsp3) is 0.462. The Labute approximate surface area is 120 Å². The number of halogens is 2. The minimum atomic E-state index is -0.504. The monoisotopic (exact) mass is 330 g/mol. The Morgan fingerprint density at radius 3 is 3.11 bits per heavy atom. The van der Waals surface area contributed by atoms with Gasteiger partial charge in [0.2, 0.25) is 0 Å². The lowest BCUT2D eigenvalue weighted by Gasteiger charge is -2.33. The number of benzene rings is 1. The Hall–Kier alpha value is -0.980. The summed E-state index contributed by atoms with van der Waals surface area (Å²) in [6.45, 7) is 2.13. The summed E-state index contributed by atoms with van der Waals surface area (Å²) in [5.74, 6) is -0.787. The molecule has 1 fully saturated rings. The Bertz CT molecular complexity index is 468. The largest absolute Gasteiger partial charge is 0.373 e. The van der Waals surface area contributed by atoms with Gasteiger partial charge in [-0.05, 0) is 25.2 Å². The average Bonchev–Trinajstić information content (AvgIpc) is 2.39. The molecule has 1 aromatic rings. The zero-order valence-corrected chi connectivity index (χ0v) is 12.2. The number of carbonyl (C=O) groups excluding carboxylic acids is 1. The summed E-state index contributed by atoms with van der Waals surface area (Å²) in [5, 5.41) is 3.01. The first-order chi connectivity index (χ1) is 9.11. The topological polar surface area (TPSA) is 41.6 Å². The van der Waals surface area contributed by atoms with Crippen LogP contribution in [0.4, 0.5) is 4.39 Å². The number of amides is 1. The van der Waals surface area contributed by atoms with Gasteiger partial charge >= 0.3 is 0 Å². The number of hydrogen-bond acceptors (Lipinski definition) is 3. The van der Waals surface area contributed by atoms with Crippen molar-refractivity contribution < 1.29 is 13.9 Å². The highest BCUT2D eigenvalue weighted by atomic mass is 79.9. The summed E-state index contributed by atoms with van der Waals surface area (Å²) < 4.78 is 19.9. The SMILES string of the molecule is CNCC1CN(C(=O)c2ccc(Br)cc2F)CCO1. The number of morpholine rings is 1. The summed E-state index contributed by atoms with van der Waals surface area (Å²) in [7, 11) is 1.83. The van der Waals surface area contributed by atoms with Crippen LogP contribution in [0.5, 0.6) is 0 Å². The van der Waals surface area contributed by atoms with Crippen molar-refractivity contribution >= 4 is 21.8 Å². The third-order valence-corrected chi connectivity index (χ3v) is 3.51. The van der Waals surface area contributed by atoms with E-state index >= 15 is 0 Å². The Balaban J connectivity index is 2.10. The van der Waals surface area contributed by atoms with Crippen LogP contribution in [-0.4, -0.2) is 50.2 Å². The molecule has 1 heterocycles. The first kappa shape index (κ1) is 14.4. The van der Waals surface area contributed by atoms with E-state index in [9.17, 15) is 9.18 Å². The van der Waals surface area contributed by atoms with Gasteiger partial charge < -0.3 is 15.0 Å². The normalized spacial score (nSPS) is 19.5. The second-order valence-corrected chi connectivity index (χ2v) is 5.34. The second kappa shape index (κ2) is 6.45. The molecule has 1 amide bonds. The molecule has 1 saturated heterocycles. The van der Waals surface area contributed by atoms with Crippen LogP contribution in [0.15, 0.2) is 22.7 Å². The number of rotatable bonds is 3. The molecule has 19 heavy (non-hydrogen) atoms. The van der Waals surface area contributed by atoms with Crippen LogP contribution in [0, 0.1) is 5.82 Å². The summed E-state index contributed by atoms with van der Waals surface area (Å²) in [6, 6.07) is 4.48. The van der Waals surface area contributed by atoms with E-state index in [0.29, 0.717) is 30.7 Å². The van der Waals surface area contributed by atoms with Crippen LogP contribution in [-0.2, 0) is 4.74 Å². The van der Waals surface area contributed by atoms with Gasteiger partial charge in [-0.3, -0.25) is 4.79 Å². The van der Waals surface area contributed by atoms with Crippen LogP contribution < -0.4 is 5.32 Å². The number of nitrogens with one attached hydrogen (secondary N) is 1. The molecule has 104 valence electrons. The molecule has 1 aliphatic heterocycles. The molecule has 1 N–H and O–H groups in total.